The van der Waals surface area contributed by atoms with E-state index < -0.39 is 0 Å². The second-order valence-corrected chi connectivity index (χ2v) is 3.40. The third kappa shape index (κ3) is 2.41. The minimum atomic E-state index is -0.178. The Hall–Kier alpha value is -1.68. The number of hydrogen-bond acceptors (Lipinski definition) is 3. The normalized spacial score (nSPS) is 10.2. The standard InChI is InChI=1S/C10H8ClN3O/c11-9-3-4-10(15)14(13-9)7-8-2-1-5-12-6-8/h1-6H,7H2. The van der Waals surface area contributed by atoms with Gasteiger partial charge in [-0.2, -0.15) is 5.10 Å². The smallest absolute Gasteiger partial charge is 0.267 e. The molecule has 15 heavy (non-hydrogen) atoms. The van der Waals surface area contributed by atoms with Gasteiger partial charge in [0.05, 0.1) is 6.54 Å². The lowest BCUT2D eigenvalue weighted by Crippen LogP contribution is -2.22. The Morgan fingerprint density at radius 1 is 1.33 bits per heavy atom. The Labute approximate surface area is 91.2 Å². The van der Waals surface area contributed by atoms with Gasteiger partial charge >= 0.3 is 0 Å². The number of hydrogen-bond donors (Lipinski definition) is 0. The molecule has 0 amide bonds. The summed E-state index contributed by atoms with van der Waals surface area (Å²) in [7, 11) is 0. The topological polar surface area (TPSA) is 47.8 Å². The largest absolute Gasteiger partial charge is 0.268 e. The molecule has 0 aliphatic heterocycles. The zero-order valence-corrected chi connectivity index (χ0v) is 8.55. The maximum absolute atomic E-state index is 11.4. The molecule has 0 spiro atoms. The molecule has 4 nitrogen and oxygen atoms in total. The lowest BCUT2D eigenvalue weighted by atomic mass is 10.3. The first-order chi connectivity index (χ1) is 7.25. The molecule has 0 aromatic carbocycles. The average molecular weight is 222 g/mol. The zero-order chi connectivity index (χ0) is 10.7. The first-order valence-electron chi connectivity index (χ1n) is 4.38. The van der Waals surface area contributed by atoms with Crippen LogP contribution < -0.4 is 5.56 Å². The van der Waals surface area contributed by atoms with Crippen LogP contribution in [0.4, 0.5) is 0 Å². The summed E-state index contributed by atoms with van der Waals surface area (Å²) >= 11 is 5.70. The van der Waals surface area contributed by atoms with Gasteiger partial charge in [-0.15, -0.1) is 0 Å². The molecule has 5 heteroatoms. The predicted molar refractivity (Wildman–Crippen MR) is 56.8 cm³/mol. The molecular formula is C10H8ClN3O. The van der Waals surface area contributed by atoms with Crippen LogP contribution in [0.2, 0.25) is 5.15 Å². The van der Waals surface area contributed by atoms with Crippen LogP contribution in [-0.2, 0) is 6.54 Å². The van der Waals surface area contributed by atoms with Crippen LogP contribution in [0, 0.1) is 0 Å². The highest BCUT2D eigenvalue weighted by atomic mass is 35.5. The van der Waals surface area contributed by atoms with Crippen LogP contribution in [0.3, 0.4) is 0 Å². The van der Waals surface area contributed by atoms with Gasteiger partial charge in [0, 0.05) is 18.5 Å². The Balaban J connectivity index is 2.32. The molecule has 0 fully saturated rings. The molecule has 0 N–H and O–H groups in total. The third-order valence-corrected chi connectivity index (χ3v) is 2.09. The molecule has 0 saturated carbocycles. The van der Waals surface area contributed by atoms with Crippen molar-refractivity contribution in [3.63, 3.8) is 0 Å². The van der Waals surface area contributed by atoms with Crippen LogP contribution in [0.5, 0.6) is 0 Å². The molecule has 2 heterocycles. The highest BCUT2D eigenvalue weighted by Gasteiger charge is 1.99. The van der Waals surface area contributed by atoms with E-state index in [1.165, 1.54) is 16.8 Å². The fraction of sp³-hybridized carbons (Fsp3) is 0.100. The van der Waals surface area contributed by atoms with E-state index in [4.69, 9.17) is 11.6 Å². The summed E-state index contributed by atoms with van der Waals surface area (Å²) < 4.78 is 1.30. The monoisotopic (exact) mass is 221 g/mol. The fourth-order valence-electron chi connectivity index (χ4n) is 1.20. The Kier molecular flexibility index (Phi) is 2.78. The van der Waals surface area contributed by atoms with E-state index in [0.717, 1.165) is 5.56 Å². The summed E-state index contributed by atoms with van der Waals surface area (Å²) in [6.07, 6.45) is 3.37. The van der Waals surface area contributed by atoms with Gasteiger partial charge in [-0.3, -0.25) is 9.78 Å². The quantitative estimate of drug-likeness (QED) is 0.769. The lowest BCUT2D eigenvalue weighted by molar-refractivity contribution is 0.638. The summed E-state index contributed by atoms with van der Waals surface area (Å²) in [5.41, 5.74) is 0.734. The molecule has 0 atom stereocenters. The molecule has 0 saturated heterocycles. The van der Waals surface area contributed by atoms with Gasteiger partial charge in [-0.25, -0.2) is 4.68 Å². The van der Waals surface area contributed by atoms with Crippen molar-refractivity contribution in [1.82, 2.24) is 14.8 Å². The summed E-state index contributed by atoms with van der Waals surface area (Å²) in [5.74, 6) is 0. The molecule has 0 radical (unpaired) electrons. The summed E-state index contributed by atoms with van der Waals surface area (Å²) in [6.45, 7) is 0.382. The highest BCUT2D eigenvalue weighted by Crippen LogP contribution is 2.01. The Morgan fingerprint density at radius 3 is 2.93 bits per heavy atom. The van der Waals surface area contributed by atoms with Crippen LogP contribution >= 0.6 is 11.6 Å². The first kappa shape index (κ1) is 9.86. The van der Waals surface area contributed by atoms with E-state index in [9.17, 15) is 4.79 Å². The zero-order valence-electron chi connectivity index (χ0n) is 7.80. The van der Waals surface area contributed by atoms with E-state index in [1.54, 1.807) is 12.4 Å². The number of rotatable bonds is 2. The van der Waals surface area contributed by atoms with E-state index in [0.29, 0.717) is 11.7 Å². The minimum Gasteiger partial charge on any atom is -0.268 e. The molecule has 2 aromatic heterocycles. The predicted octanol–water partition coefficient (Wildman–Crippen LogP) is 1.34. The second kappa shape index (κ2) is 4.23. The van der Waals surface area contributed by atoms with Crippen molar-refractivity contribution in [3.05, 3.63) is 57.7 Å². The van der Waals surface area contributed by atoms with Crippen LogP contribution in [0.15, 0.2) is 41.5 Å². The summed E-state index contributed by atoms with van der Waals surface area (Å²) in [6, 6.07) is 6.56. The molecule has 76 valence electrons. The van der Waals surface area contributed by atoms with Gasteiger partial charge in [0.25, 0.3) is 5.56 Å². The Bertz CT molecular complexity index is 510. The second-order valence-electron chi connectivity index (χ2n) is 3.01. The van der Waals surface area contributed by atoms with Crippen molar-refractivity contribution >= 4 is 11.6 Å². The van der Waals surface area contributed by atoms with E-state index in [2.05, 4.69) is 10.1 Å². The SMILES string of the molecule is O=c1ccc(Cl)nn1Cc1cccnc1. The molecule has 2 aromatic rings. The van der Waals surface area contributed by atoms with Gasteiger partial charge in [-0.05, 0) is 17.7 Å². The first-order valence-corrected chi connectivity index (χ1v) is 4.76. The van der Waals surface area contributed by atoms with Gasteiger partial charge in [0.15, 0.2) is 0 Å². The number of pyridine rings is 1. The maximum Gasteiger partial charge on any atom is 0.267 e. The molecule has 0 aliphatic rings. The van der Waals surface area contributed by atoms with Crippen LogP contribution in [0.25, 0.3) is 0 Å². The Morgan fingerprint density at radius 2 is 2.20 bits per heavy atom. The van der Waals surface area contributed by atoms with Crippen LogP contribution in [0.1, 0.15) is 5.56 Å². The summed E-state index contributed by atoms with van der Waals surface area (Å²) in [4.78, 5) is 15.4. The summed E-state index contributed by atoms with van der Waals surface area (Å²) in [5, 5.41) is 4.21. The van der Waals surface area contributed by atoms with E-state index in [1.807, 2.05) is 12.1 Å². The maximum atomic E-state index is 11.4. The van der Waals surface area contributed by atoms with Gasteiger partial charge in [0.1, 0.15) is 5.15 Å². The number of nitrogens with zero attached hydrogens (tertiary/aromatic N) is 3. The molecule has 2 rings (SSSR count). The lowest BCUT2D eigenvalue weighted by Gasteiger charge is -2.03. The van der Waals surface area contributed by atoms with Crippen LogP contribution in [-0.4, -0.2) is 14.8 Å². The van der Waals surface area contributed by atoms with Crippen molar-refractivity contribution in [2.45, 2.75) is 6.54 Å². The van der Waals surface area contributed by atoms with E-state index in [-0.39, 0.29) is 5.56 Å². The number of halogens is 1. The third-order valence-electron chi connectivity index (χ3n) is 1.89. The van der Waals surface area contributed by atoms with Crippen molar-refractivity contribution in [2.24, 2.45) is 0 Å². The van der Waals surface area contributed by atoms with Crippen molar-refractivity contribution in [1.29, 1.82) is 0 Å². The van der Waals surface area contributed by atoms with Crippen molar-refractivity contribution in [3.8, 4) is 0 Å². The van der Waals surface area contributed by atoms with Gasteiger partial charge in [0.2, 0.25) is 0 Å². The highest BCUT2D eigenvalue weighted by molar-refractivity contribution is 6.29. The molecular weight excluding hydrogens is 214 g/mol. The average Bonchev–Trinajstić information content (AvgIpc) is 2.25. The van der Waals surface area contributed by atoms with E-state index >= 15 is 0 Å². The molecule has 0 bridgehead atoms. The van der Waals surface area contributed by atoms with Crippen molar-refractivity contribution < 1.29 is 0 Å². The molecule has 0 unspecified atom stereocenters. The fourth-order valence-corrected chi connectivity index (χ4v) is 1.36. The number of aromatic nitrogens is 3. The molecule has 0 aliphatic carbocycles. The van der Waals surface area contributed by atoms with Gasteiger partial charge < -0.3 is 0 Å². The van der Waals surface area contributed by atoms with Gasteiger partial charge in [-0.1, -0.05) is 17.7 Å². The minimum absolute atomic E-state index is 0.178. The van der Waals surface area contributed by atoms with Crippen molar-refractivity contribution in [2.75, 3.05) is 0 Å².